The Labute approximate surface area is 153 Å². The average molecular weight is 356 g/mol. The molecule has 0 aliphatic heterocycles. The molecule has 0 saturated heterocycles. The van der Waals surface area contributed by atoms with Gasteiger partial charge < -0.3 is 14.8 Å². The lowest BCUT2D eigenvalue weighted by Gasteiger charge is -2.29. The molecule has 1 amide bonds. The first-order valence-corrected chi connectivity index (χ1v) is 8.76. The zero-order chi connectivity index (χ0) is 18.9. The summed E-state index contributed by atoms with van der Waals surface area (Å²) >= 11 is 0. The molecule has 2 atom stereocenters. The molecule has 1 N–H and O–H groups in total. The van der Waals surface area contributed by atoms with E-state index in [-0.39, 0.29) is 24.1 Å². The quantitative estimate of drug-likeness (QED) is 0.481. The summed E-state index contributed by atoms with van der Waals surface area (Å²) < 4.78 is 10.0. The minimum atomic E-state index is -0.810. The summed E-state index contributed by atoms with van der Waals surface area (Å²) in [5, 5.41) is 12.1. The Hall–Kier alpha value is -2.81. The van der Waals surface area contributed by atoms with Crippen LogP contribution in [0.15, 0.2) is 29.8 Å². The third-order valence-electron chi connectivity index (χ3n) is 4.56. The standard InChI is InChI=1S/C20H24N2O4/c1-14-5-3-4-6-18(14)22-19(23)13-26-20(24)16(12-21)11-15-7-9-17(25-2)10-8-15/h7-11,14,18H,3-6,13H2,1-2H3,(H,22,23)/b16-11+/t14-,18+/m1/s1. The van der Waals surface area contributed by atoms with E-state index in [1.54, 1.807) is 31.4 Å². The first-order chi connectivity index (χ1) is 12.5. The Bertz CT molecular complexity index is 704. The molecule has 0 radical (unpaired) electrons. The molecule has 0 unspecified atom stereocenters. The predicted molar refractivity (Wildman–Crippen MR) is 97.1 cm³/mol. The van der Waals surface area contributed by atoms with Gasteiger partial charge in [0.15, 0.2) is 6.61 Å². The number of nitrogens with one attached hydrogen (secondary N) is 1. The van der Waals surface area contributed by atoms with Gasteiger partial charge in [0, 0.05) is 6.04 Å². The zero-order valence-electron chi connectivity index (χ0n) is 15.2. The molecule has 6 heteroatoms. The average Bonchev–Trinajstić information content (AvgIpc) is 2.66. The van der Waals surface area contributed by atoms with Crippen LogP contribution in [0.2, 0.25) is 0 Å². The topological polar surface area (TPSA) is 88.4 Å². The fraction of sp³-hybridized carbons (Fsp3) is 0.450. The van der Waals surface area contributed by atoms with Crippen LogP contribution in [-0.2, 0) is 14.3 Å². The second-order valence-corrected chi connectivity index (χ2v) is 6.45. The predicted octanol–water partition coefficient (Wildman–Crippen LogP) is 2.84. The number of carbonyl (C=O) groups is 2. The monoisotopic (exact) mass is 356 g/mol. The Kier molecular flexibility index (Phi) is 7.22. The minimum absolute atomic E-state index is 0.125. The van der Waals surface area contributed by atoms with Crippen molar-refractivity contribution in [2.75, 3.05) is 13.7 Å². The summed E-state index contributed by atoms with van der Waals surface area (Å²) in [6.45, 7) is 1.73. The van der Waals surface area contributed by atoms with Gasteiger partial charge in [0.05, 0.1) is 7.11 Å². The molecule has 0 spiro atoms. The van der Waals surface area contributed by atoms with E-state index in [1.807, 2.05) is 6.07 Å². The lowest BCUT2D eigenvalue weighted by molar-refractivity contribution is -0.144. The summed E-state index contributed by atoms with van der Waals surface area (Å²) in [6, 6.07) is 8.84. The number of hydrogen-bond acceptors (Lipinski definition) is 5. The third-order valence-corrected chi connectivity index (χ3v) is 4.56. The smallest absolute Gasteiger partial charge is 0.349 e. The molecule has 26 heavy (non-hydrogen) atoms. The van der Waals surface area contributed by atoms with Gasteiger partial charge in [-0.2, -0.15) is 5.26 Å². The van der Waals surface area contributed by atoms with Crippen LogP contribution in [0.4, 0.5) is 0 Å². The van der Waals surface area contributed by atoms with Gasteiger partial charge in [-0.1, -0.05) is 31.9 Å². The zero-order valence-corrected chi connectivity index (χ0v) is 15.2. The molecule has 1 aliphatic rings. The highest BCUT2D eigenvalue weighted by atomic mass is 16.5. The van der Waals surface area contributed by atoms with Gasteiger partial charge in [0.2, 0.25) is 0 Å². The van der Waals surface area contributed by atoms with Crippen molar-refractivity contribution in [1.82, 2.24) is 5.32 Å². The van der Waals surface area contributed by atoms with Crippen LogP contribution < -0.4 is 10.1 Å². The Morgan fingerprint density at radius 2 is 1.96 bits per heavy atom. The SMILES string of the molecule is COc1ccc(/C=C(\C#N)C(=O)OCC(=O)N[C@H]2CCCC[C@H]2C)cc1. The minimum Gasteiger partial charge on any atom is -0.497 e. The van der Waals surface area contributed by atoms with Gasteiger partial charge in [0.25, 0.3) is 5.91 Å². The molecule has 6 nitrogen and oxygen atoms in total. The molecule has 0 aromatic heterocycles. The number of rotatable bonds is 6. The number of nitrogens with zero attached hydrogens (tertiary/aromatic N) is 1. The molecule has 1 aromatic rings. The van der Waals surface area contributed by atoms with Crippen molar-refractivity contribution >= 4 is 18.0 Å². The molecule has 1 fully saturated rings. The maximum atomic E-state index is 12.0. The maximum Gasteiger partial charge on any atom is 0.349 e. The Balaban J connectivity index is 1.88. The van der Waals surface area contributed by atoms with Crippen LogP contribution in [-0.4, -0.2) is 31.6 Å². The van der Waals surface area contributed by atoms with Gasteiger partial charge in [0.1, 0.15) is 17.4 Å². The number of hydrogen-bond donors (Lipinski definition) is 1. The van der Waals surface area contributed by atoms with Crippen molar-refractivity contribution in [2.45, 2.75) is 38.6 Å². The number of carbonyl (C=O) groups excluding carboxylic acids is 2. The molecule has 0 heterocycles. The van der Waals surface area contributed by atoms with Crippen molar-refractivity contribution < 1.29 is 19.1 Å². The van der Waals surface area contributed by atoms with E-state index >= 15 is 0 Å². The van der Waals surface area contributed by atoms with E-state index in [0.717, 1.165) is 19.3 Å². The summed E-state index contributed by atoms with van der Waals surface area (Å²) in [7, 11) is 1.56. The lowest BCUT2D eigenvalue weighted by Crippen LogP contribution is -2.42. The van der Waals surface area contributed by atoms with Crippen LogP contribution >= 0.6 is 0 Å². The van der Waals surface area contributed by atoms with Crippen molar-refractivity contribution in [3.8, 4) is 11.8 Å². The number of benzene rings is 1. The number of esters is 1. The molecule has 1 saturated carbocycles. The van der Waals surface area contributed by atoms with Gasteiger partial charge in [-0.15, -0.1) is 0 Å². The van der Waals surface area contributed by atoms with Gasteiger partial charge in [-0.3, -0.25) is 4.79 Å². The van der Waals surface area contributed by atoms with E-state index in [1.165, 1.54) is 12.5 Å². The second kappa shape index (κ2) is 9.62. The number of nitriles is 1. The highest BCUT2D eigenvalue weighted by Gasteiger charge is 2.23. The van der Waals surface area contributed by atoms with Crippen LogP contribution in [0.1, 0.15) is 38.2 Å². The second-order valence-electron chi connectivity index (χ2n) is 6.45. The van der Waals surface area contributed by atoms with Crippen molar-refractivity contribution in [2.24, 2.45) is 5.92 Å². The van der Waals surface area contributed by atoms with E-state index in [2.05, 4.69) is 12.2 Å². The molecule has 2 rings (SSSR count). The largest absolute Gasteiger partial charge is 0.497 e. The highest BCUT2D eigenvalue weighted by Crippen LogP contribution is 2.23. The summed E-state index contributed by atoms with van der Waals surface area (Å²) in [6.07, 6.45) is 5.74. The molecule has 1 aliphatic carbocycles. The van der Waals surface area contributed by atoms with Crippen molar-refractivity contribution in [1.29, 1.82) is 5.26 Å². The Morgan fingerprint density at radius 3 is 2.58 bits per heavy atom. The third kappa shape index (κ3) is 5.62. The molecular formula is C20H24N2O4. The maximum absolute atomic E-state index is 12.0. The summed E-state index contributed by atoms with van der Waals surface area (Å²) in [5.74, 6) is -0.0427. The lowest BCUT2D eigenvalue weighted by atomic mass is 9.86. The number of amides is 1. The van der Waals surface area contributed by atoms with Crippen LogP contribution in [0.25, 0.3) is 6.08 Å². The highest BCUT2D eigenvalue weighted by molar-refractivity contribution is 5.98. The van der Waals surface area contributed by atoms with Crippen LogP contribution in [0.5, 0.6) is 5.75 Å². The van der Waals surface area contributed by atoms with E-state index in [0.29, 0.717) is 17.2 Å². The summed E-state index contributed by atoms with van der Waals surface area (Å²) in [5.41, 5.74) is 0.508. The fourth-order valence-electron chi connectivity index (χ4n) is 2.99. The molecule has 0 bridgehead atoms. The van der Waals surface area contributed by atoms with Crippen LogP contribution in [0, 0.1) is 17.2 Å². The first kappa shape index (κ1) is 19.5. The summed E-state index contributed by atoms with van der Waals surface area (Å²) in [4.78, 5) is 24.0. The molecular weight excluding hydrogens is 332 g/mol. The first-order valence-electron chi connectivity index (χ1n) is 8.76. The van der Waals surface area contributed by atoms with Crippen molar-refractivity contribution in [3.63, 3.8) is 0 Å². The number of ether oxygens (including phenoxy) is 2. The van der Waals surface area contributed by atoms with E-state index in [9.17, 15) is 14.9 Å². The van der Waals surface area contributed by atoms with Crippen LogP contribution in [0.3, 0.4) is 0 Å². The normalized spacial score (nSPS) is 20.0. The molecule has 138 valence electrons. The number of methoxy groups -OCH3 is 1. The Morgan fingerprint density at radius 1 is 1.27 bits per heavy atom. The fourth-order valence-corrected chi connectivity index (χ4v) is 2.99. The van der Waals surface area contributed by atoms with Gasteiger partial charge >= 0.3 is 5.97 Å². The molecule has 1 aromatic carbocycles. The van der Waals surface area contributed by atoms with Gasteiger partial charge in [-0.25, -0.2) is 4.79 Å². The van der Waals surface area contributed by atoms with Gasteiger partial charge in [-0.05, 0) is 42.5 Å². The van der Waals surface area contributed by atoms with E-state index in [4.69, 9.17) is 9.47 Å². The van der Waals surface area contributed by atoms with Crippen molar-refractivity contribution in [3.05, 3.63) is 35.4 Å². The van der Waals surface area contributed by atoms with E-state index < -0.39 is 5.97 Å².